The Balaban J connectivity index is 2.10. The number of aryl methyl sites for hydroxylation is 2. The van der Waals surface area contributed by atoms with Crippen molar-refractivity contribution >= 4 is 37.5 Å². The lowest BCUT2D eigenvalue weighted by molar-refractivity contribution is 0.766. The Morgan fingerprint density at radius 3 is 2.44 bits per heavy atom. The maximum absolute atomic E-state index is 3.59. The van der Waals surface area contributed by atoms with Crippen molar-refractivity contribution in [2.75, 3.05) is 5.32 Å². The van der Waals surface area contributed by atoms with Crippen LogP contribution in [-0.2, 0) is 13.1 Å². The van der Waals surface area contributed by atoms with Crippen molar-refractivity contribution in [1.29, 1.82) is 0 Å². The molecule has 0 bridgehead atoms. The molecule has 0 aliphatic carbocycles. The van der Waals surface area contributed by atoms with E-state index in [1.165, 1.54) is 11.1 Å². The predicted octanol–water partition coefficient (Wildman–Crippen LogP) is 4.95. The van der Waals surface area contributed by atoms with Gasteiger partial charge in [0.1, 0.15) is 0 Å². The summed E-state index contributed by atoms with van der Waals surface area (Å²) in [6.45, 7) is 6.07. The van der Waals surface area contributed by atoms with Crippen LogP contribution in [0.25, 0.3) is 0 Å². The quantitative estimate of drug-likeness (QED) is 0.804. The van der Waals surface area contributed by atoms with Gasteiger partial charge in [0.25, 0.3) is 0 Å². The molecule has 0 radical (unpaired) electrons. The molecule has 0 spiro atoms. The van der Waals surface area contributed by atoms with Gasteiger partial charge in [-0.25, -0.2) is 0 Å². The third-order valence-electron chi connectivity index (χ3n) is 2.83. The second-order valence-corrected chi connectivity index (χ2v) is 6.02. The third-order valence-corrected chi connectivity index (χ3v) is 4.08. The summed E-state index contributed by atoms with van der Waals surface area (Å²) in [5.74, 6) is 0. The van der Waals surface area contributed by atoms with Gasteiger partial charge in [-0.3, -0.25) is 0 Å². The molecule has 0 fully saturated rings. The molecular weight excluding hydrogens is 356 g/mol. The van der Waals surface area contributed by atoms with Gasteiger partial charge in [0.15, 0.2) is 0 Å². The normalized spacial score (nSPS) is 10.7. The summed E-state index contributed by atoms with van der Waals surface area (Å²) >= 11 is 7.19. The van der Waals surface area contributed by atoms with Crippen LogP contribution in [0.5, 0.6) is 0 Å². The lowest BCUT2D eigenvalue weighted by Gasteiger charge is -2.11. The van der Waals surface area contributed by atoms with Crippen LogP contribution in [0.2, 0.25) is 0 Å². The van der Waals surface area contributed by atoms with Gasteiger partial charge in [-0.2, -0.15) is 0 Å². The number of rotatable bonds is 4. The Kier molecular flexibility index (Phi) is 4.51. The highest BCUT2D eigenvalue weighted by Gasteiger charge is 2.06. The molecule has 2 aromatic rings. The summed E-state index contributed by atoms with van der Waals surface area (Å²) in [5, 5.41) is 3.46. The molecule has 1 heterocycles. The molecule has 2 rings (SSSR count). The highest BCUT2D eigenvalue weighted by Crippen LogP contribution is 2.32. The van der Waals surface area contributed by atoms with Crippen molar-refractivity contribution in [3.63, 3.8) is 0 Å². The van der Waals surface area contributed by atoms with Gasteiger partial charge >= 0.3 is 0 Å². The SMILES string of the molecule is CCn1ccc(CNc2c(Br)cc(C)cc2Br)c1. The van der Waals surface area contributed by atoms with Crippen molar-refractivity contribution in [2.24, 2.45) is 0 Å². The minimum Gasteiger partial charge on any atom is -0.379 e. The van der Waals surface area contributed by atoms with Crippen LogP contribution in [0.4, 0.5) is 5.69 Å². The number of nitrogens with one attached hydrogen (secondary N) is 1. The van der Waals surface area contributed by atoms with Crippen LogP contribution in [0.1, 0.15) is 18.1 Å². The summed E-state index contributed by atoms with van der Waals surface area (Å²) in [6, 6.07) is 6.38. The average molecular weight is 372 g/mol. The van der Waals surface area contributed by atoms with E-state index in [-0.39, 0.29) is 0 Å². The first-order valence-electron chi connectivity index (χ1n) is 5.94. The molecule has 1 N–H and O–H groups in total. The number of nitrogens with zero attached hydrogens (tertiary/aromatic N) is 1. The molecule has 0 unspecified atom stereocenters. The largest absolute Gasteiger partial charge is 0.379 e. The molecule has 18 heavy (non-hydrogen) atoms. The molecular formula is C14H16Br2N2. The van der Waals surface area contributed by atoms with E-state index in [2.05, 4.69) is 86.2 Å². The Bertz CT molecular complexity index is 523. The molecule has 0 aliphatic heterocycles. The molecule has 0 amide bonds. The molecule has 0 aliphatic rings. The Hall–Kier alpha value is -0.740. The highest BCUT2D eigenvalue weighted by atomic mass is 79.9. The van der Waals surface area contributed by atoms with Gasteiger partial charge in [0.05, 0.1) is 5.69 Å². The Labute approximate surface area is 125 Å². The fraction of sp³-hybridized carbons (Fsp3) is 0.286. The fourth-order valence-electron chi connectivity index (χ4n) is 1.85. The molecule has 4 heteroatoms. The topological polar surface area (TPSA) is 17.0 Å². The van der Waals surface area contributed by atoms with E-state index in [1.54, 1.807) is 0 Å². The lowest BCUT2D eigenvalue weighted by atomic mass is 10.2. The summed E-state index contributed by atoms with van der Waals surface area (Å²) in [4.78, 5) is 0. The van der Waals surface area contributed by atoms with Crippen LogP contribution in [-0.4, -0.2) is 4.57 Å². The molecule has 2 nitrogen and oxygen atoms in total. The van der Waals surface area contributed by atoms with Crippen LogP contribution >= 0.6 is 31.9 Å². The first-order valence-corrected chi connectivity index (χ1v) is 7.53. The number of aromatic nitrogens is 1. The summed E-state index contributed by atoms with van der Waals surface area (Å²) in [7, 11) is 0. The molecule has 1 aromatic heterocycles. The minimum absolute atomic E-state index is 0.827. The predicted molar refractivity (Wildman–Crippen MR) is 84.0 cm³/mol. The van der Waals surface area contributed by atoms with E-state index < -0.39 is 0 Å². The van der Waals surface area contributed by atoms with Crippen molar-refractivity contribution in [3.05, 3.63) is 50.7 Å². The number of anilines is 1. The zero-order chi connectivity index (χ0) is 13.1. The zero-order valence-electron chi connectivity index (χ0n) is 10.5. The van der Waals surface area contributed by atoms with Crippen molar-refractivity contribution in [1.82, 2.24) is 4.57 Å². The number of halogens is 2. The van der Waals surface area contributed by atoms with Crippen LogP contribution < -0.4 is 5.32 Å². The second kappa shape index (κ2) is 5.93. The molecule has 1 aromatic carbocycles. The van der Waals surface area contributed by atoms with Crippen molar-refractivity contribution in [2.45, 2.75) is 26.9 Å². The van der Waals surface area contributed by atoms with Gasteiger partial charge in [0.2, 0.25) is 0 Å². The lowest BCUT2D eigenvalue weighted by Crippen LogP contribution is -2.00. The maximum Gasteiger partial charge on any atom is 0.0631 e. The minimum atomic E-state index is 0.827. The number of hydrogen-bond acceptors (Lipinski definition) is 1. The first-order chi connectivity index (χ1) is 8.60. The van der Waals surface area contributed by atoms with Crippen LogP contribution in [0.15, 0.2) is 39.5 Å². The van der Waals surface area contributed by atoms with Gasteiger partial charge in [-0.15, -0.1) is 0 Å². The Morgan fingerprint density at radius 1 is 1.22 bits per heavy atom. The average Bonchev–Trinajstić information content (AvgIpc) is 2.75. The molecule has 0 atom stereocenters. The van der Waals surface area contributed by atoms with E-state index in [1.807, 2.05) is 0 Å². The van der Waals surface area contributed by atoms with Gasteiger partial charge in [0, 0.05) is 34.4 Å². The van der Waals surface area contributed by atoms with E-state index in [0.717, 1.165) is 27.7 Å². The molecule has 0 saturated heterocycles. The summed E-state index contributed by atoms with van der Waals surface area (Å²) < 4.78 is 4.35. The monoisotopic (exact) mass is 370 g/mol. The van der Waals surface area contributed by atoms with E-state index in [9.17, 15) is 0 Å². The van der Waals surface area contributed by atoms with Crippen molar-refractivity contribution in [3.8, 4) is 0 Å². The van der Waals surface area contributed by atoms with E-state index >= 15 is 0 Å². The van der Waals surface area contributed by atoms with Crippen molar-refractivity contribution < 1.29 is 0 Å². The highest BCUT2D eigenvalue weighted by molar-refractivity contribution is 9.11. The second-order valence-electron chi connectivity index (χ2n) is 4.31. The smallest absolute Gasteiger partial charge is 0.0631 e. The van der Waals surface area contributed by atoms with Gasteiger partial charge < -0.3 is 9.88 Å². The third kappa shape index (κ3) is 3.18. The van der Waals surface area contributed by atoms with Gasteiger partial charge in [-0.05, 0) is 75.0 Å². The molecule has 96 valence electrons. The van der Waals surface area contributed by atoms with E-state index in [0.29, 0.717) is 0 Å². The number of benzene rings is 1. The molecule has 0 saturated carbocycles. The summed E-state index contributed by atoms with van der Waals surface area (Å²) in [5.41, 5.74) is 3.62. The first kappa shape index (κ1) is 13.7. The summed E-state index contributed by atoms with van der Waals surface area (Å²) in [6.07, 6.45) is 4.28. The Morgan fingerprint density at radius 2 is 1.89 bits per heavy atom. The zero-order valence-corrected chi connectivity index (χ0v) is 13.7. The fourth-order valence-corrected chi connectivity index (χ4v) is 3.55. The van der Waals surface area contributed by atoms with Gasteiger partial charge in [-0.1, -0.05) is 0 Å². The van der Waals surface area contributed by atoms with Crippen LogP contribution in [0.3, 0.4) is 0 Å². The maximum atomic E-state index is 3.59. The van der Waals surface area contributed by atoms with E-state index in [4.69, 9.17) is 0 Å². The number of hydrogen-bond donors (Lipinski definition) is 1. The van der Waals surface area contributed by atoms with Crippen LogP contribution in [0, 0.1) is 6.92 Å². The standard InChI is InChI=1S/C14H16Br2N2/c1-3-18-5-4-11(9-18)8-17-14-12(15)6-10(2)7-13(14)16/h4-7,9,17H,3,8H2,1-2H3.